The Morgan fingerprint density at radius 3 is 2.42 bits per heavy atom. The molecular weight excluding hydrogens is 232 g/mol. The SMILES string of the molecule is CCCCCCC(C)N(CCC)CC1CCNCC1. The molecule has 0 aromatic rings. The fourth-order valence-corrected chi connectivity index (χ4v) is 3.22. The highest BCUT2D eigenvalue weighted by atomic mass is 15.1. The number of piperidine rings is 1. The second kappa shape index (κ2) is 10.7. The smallest absolute Gasteiger partial charge is 0.00670 e. The van der Waals surface area contributed by atoms with Crippen LogP contribution >= 0.6 is 0 Å². The average Bonchev–Trinajstić information content (AvgIpc) is 2.44. The van der Waals surface area contributed by atoms with E-state index in [1.54, 1.807) is 0 Å². The second-order valence-corrected chi connectivity index (χ2v) is 6.39. The van der Waals surface area contributed by atoms with Crippen molar-refractivity contribution in [2.45, 2.75) is 78.2 Å². The summed E-state index contributed by atoms with van der Waals surface area (Å²) < 4.78 is 0. The summed E-state index contributed by atoms with van der Waals surface area (Å²) in [5.41, 5.74) is 0. The van der Waals surface area contributed by atoms with Crippen LogP contribution in [0.15, 0.2) is 0 Å². The molecule has 0 aliphatic carbocycles. The first kappa shape index (κ1) is 17.0. The van der Waals surface area contributed by atoms with E-state index >= 15 is 0 Å². The van der Waals surface area contributed by atoms with E-state index in [9.17, 15) is 0 Å². The molecule has 1 heterocycles. The molecule has 0 radical (unpaired) electrons. The van der Waals surface area contributed by atoms with E-state index in [1.165, 1.54) is 77.5 Å². The average molecular weight is 268 g/mol. The summed E-state index contributed by atoms with van der Waals surface area (Å²) in [6.45, 7) is 12.2. The van der Waals surface area contributed by atoms with E-state index in [0.717, 1.165) is 12.0 Å². The number of nitrogens with zero attached hydrogens (tertiary/aromatic N) is 1. The van der Waals surface area contributed by atoms with E-state index in [2.05, 4.69) is 31.0 Å². The number of nitrogens with one attached hydrogen (secondary N) is 1. The van der Waals surface area contributed by atoms with Crippen molar-refractivity contribution in [3.63, 3.8) is 0 Å². The van der Waals surface area contributed by atoms with Gasteiger partial charge in [-0.25, -0.2) is 0 Å². The highest BCUT2D eigenvalue weighted by Gasteiger charge is 2.19. The van der Waals surface area contributed by atoms with Gasteiger partial charge in [0.25, 0.3) is 0 Å². The van der Waals surface area contributed by atoms with Crippen LogP contribution in [0.1, 0.15) is 72.1 Å². The molecule has 0 amide bonds. The Balaban J connectivity index is 2.28. The second-order valence-electron chi connectivity index (χ2n) is 6.39. The molecule has 0 saturated carbocycles. The molecule has 1 aliphatic rings. The van der Waals surface area contributed by atoms with Crippen LogP contribution in [0, 0.1) is 5.92 Å². The van der Waals surface area contributed by atoms with Crippen LogP contribution in [0.5, 0.6) is 0 Å². The summed E-state index contributed by atoms with van der Waals surface area (Å²) in [5, 5.41) is 3.48. The van der Waals surface area contributed by atoms with Crippen LogP contribution < -0.4 is 5.32 Å². The number of hydrogen-bond acceptors (Lipinski definition) is 2. The number of hydrogen-bond donors (Lipinski definition) is 1. The van der Waals surface area contributed by atoms with Crippen molar-refractivity contribution in [2.24, 2.45) is 5.92 Å². The fraction of sp³-hybridized carbons (Fsp3) is 1.00. The van der Waals surface area contributed by atoms with Crippen molar-refractivity contribution in [1.29, 1.82) is 0 Å². The molecule has 1 fully saturated rings. The molecule has 0 aromatic heterocycles. The molecule has 0 bridgehead atoms. The maximum atomic E-state index is 3.48. The molecule has 1 unspecified atom stereocenters. The maximum absolute atomic E-state index is 3.48. The fourth-order valence-electron chi connectivity index (χ4n) is 3.22. The lowest BCUT2D eigenvalue weighted by Crippen LogP contribution is -2.40. The normalized spacial score (nSPS) is 18.9. The molecule has 2 heteroatoms. The summed E-state index contributed by atoms with van der Waals surface area (Å²) in [7, 11) is 0. The molecule has 1 saturated heterocycles. The van der Waals surface area contributed by atoms with E-state index in [1.807, 2.05) is 0 Å². The Bertz CT molecular complexity index is 199. The summed E-state index contributed by atoms with van der Waals surface area (Å²) in [4.78, 5) is 2.77. The molecule has 114 valence electrons. The van der Waals surface area contributed by atoms with Crippen molar-refractivity contribution in [3.05, 3.63) is 0 Å². The third-order valence-corrected chi connectivity index (χ3v) is 4.56. The van der Waals surface area contributed by atoms with Gasteiger partial charge in [-0.05, 0) is 58.2 Å². The quantitative estimate of drug-likeness (QED) is 0.601. The van der Waals surface area contributed by atoms with Gasteiger partial charge >= 0.3 is 0 Å². The minimum Gasteiger partial charge on any atom is -0.317 e. The topological polar surface area (TPSA) is 15.3 Å². The van der Waals surface area contributed by atoms with Gasteiger partial charge < -0.3 is 10.2 Å². The Hall–Kier alpha value is -0.0800. The number of rotatable bonds is 10. The van der Waals surface area contributed by atoms with Gasteiger partial charge in [0.15, 0.2) is 0 Å². The van der Waals surface area contributed by atoms with Crippen LogP contribution in [-0.4, -0.2) is 37.1 Å². The zero-order chi connectivity index (χ0) is 13.9. The van der Waals surface area contributed by atoms with Gasteiger partial charge in [-0.2, -0.15) is 0 Å². The summed E-state index contributed by atoms with van der Waals surface area (Å²) in [5.74, 6) is 0.936. The molecule has 19 heavy (non-hydrogen) atoms. The third-order valence-electron chi connectivity index (χ3n) is 4.56. The largest absolute Gasteiger partial charge is 0.317 e. The lowest BCUT2D eigenvalue weighted by molar-refractivity contribution is 0.152. The molecule has 1 aliphatic heterocycles. The Kier molecular flexibility index (Phi) is 9.54. The summed E-state index contributed by atoms with van der Waals surface area (Å²) in [6.07, 6.45) is 11.0. The van der Waals surface area contributed by atoms with Crippen LogP contribution in [0.4, 0.5) is 0 Å². The standard InChI is InChI=1S/C17H36N2/c1-4-6-7-8-9-16(3)19(14-5-2)15-17-10-12-18-13-11-17/h16-18H,4-15H2,1-3H3. The van der Waals surface area contributed by atoms with Crippen LogP contribution in [0.25, 0.3) is 0 Å². The molecular formula is C17H36N2. The summed E-state index contributed by atoms with van der Waals surface area (Å²) >= 11 is 0. The Morgan fingerprint density at radius 2 is 1.79 bits per heavy atom. The minimum atomic E-state index is 0.784. The molecule has 2 nitrogen and oxygen atoms in total. The van der Waals surface area contributed by atoms with E-state index < -0.39 is 0 Å². The highest BCUT2D eigenvalue weighted by molar-refractivity contribution is 4.75. The highest BCUT2D eigenvalue weighted by Crippen LogP contribution is 2.18. The zero-order valence-corrected chi connectivity index (χ0v) is 13.6. The molecule has 0 aromatic carbocycles. The maximum Gasteiger partial charge on any atom is 0.00670 e. The van der Waals surface area contributed by atoms with E-state index in [0.29, 0.717) is 0 Å². The van der Waals surface area contributed by atoms with E-state index in [-0.39, 0.29) is 0 Å². The summed E-state index contributed by atoms with van der Waals surface area (Å²) in [6, 6.07) is 0.784. The lowest BCUT2D eigenvalue weighted by Gasteiger charge is -2.34. The Labute approximate surface area is 121 Å². The van der Waals surface area contributed by atoms with Gasteiger partial charge in [0.1, 0.15) is 0 Å². The third kappa shape index (κ3) is 7.31. The van der Waals surface area contributed by atoms with Crippen LogP contribution in [0.2, 0.25) is 0 Å². The first-order valence-corrected chi connectivity index (χ1v) is 8.72. The molecule has 1 rings (SSSR count). The van der Waals surface area contributed by atoms with Gasteiger partial charge in [-0.3, -0.25) is 0 Å². The lowest BCUT2D eigenvalue weighted by atomic mass is 9.96. The predicted molar refractivity (Wildman–Crippen MR) is 85.7 cm³/mol. The van der Waals surface area contributed by atoms with Crippen molar-refractivity contribution < 1.29 is 0 Å². The monoisotopic (exact) mass is 268 g/mol. The van der Waals surface area contributed by atoms with Crippen LogP contribution in [0.3, 0.4) is 0 Å². The van der Waals surface area contributed by atoms with Crippen molar-refractivity contribution in [1.82, 2.24) is 10.2 Å². The van der Waals surface area contributed by atoms with Gasteiger partial charge in [0, 0.05) is 12.6 Å². The van der Waals surface area contributed by atoms with Crippen LogP contribution in [-0.2, 0) is 0 Å². The van der Waals surface area contributed by atoms with Gasteiger partial charge in [0.2, 0.25) is 0 Å². The van der Waals surface area contributed by atoms with Gasteiger partial charge in [-0.1, -0.05) is 39.5 Å². The molecule has 1 atom stereocenters. The number of unbranched alkanes of at least 4 members (excludes halogenated alkanes) is 3. The first-order valence-electron chi connectivity index (χ1n) is 8.72. The van der Waals surface area contributed by atoms with E-state index in [4.69, 9.17) is 0 Å². The van der Waals surface area contributed by atoms with Gasteiger partial charge in [0.05, 0.1) is 0 Å². The minimum absolute atomic E-state index is 0.784. The van der Waals surface area contributed by atoms with Gasteiger partial charge in [-0.15, -0.1) is 0 Å². The molecule has 0 spiro atoms. The zero-order valence-electron chi connectivity index (χ0n) is 13.6. The Morgan fingerprint density at radius 1 is 1.05 bits per heavy atom. The van der Waals surface area contributed by atoms with Crippen molar-refractivity contribution in [2.75, 3.05) is 26.2 Å². The van der Waals surface area contributed by atoms with Crippen molar-refractivity contribution in [3.8, 4) is 0 Å². The first-order chi connectivity index (χ1) is 9.27. The molecule has 1 N–H and O–H groups in total. The predicted octanol–water partition coefficient (Wildman–Crippen LogP) is 4.06. The van der Waals surface area contributed by atoms with Crippen molar-refractivity contribution >= 4 is 0 Å².